The van der Waals surface area contributed by atoms with Gasteiger partial charge in [-0.15, -0.1) is 0 Å². The van der Waals surface area contributed by atoms with Gasteiger partial charge in [-0.1, -0.05) is 42.2 Å². The average molecular weight is 250 g/mol. The van der Waals surface area contributed by atoms with Gasteiger partial charge in [0.05, 0.1) is 12.1 Å². The number of benzene rings is 2. The van der Waals surface area contributed by atoms with Crippen LogP contribution in [0, 0.1) is 11.8 Å². The highest BCUT2D eigenvalue weighted by molar-refractivity contribution is 6.05. The van der Waals surface area contributed by atoms with E-state index in [9.17, 15) is 4.79 Å². The zero-order valence-electron chi connectivity index (χ0n) is 10.4. The smallest absolute Gasteiger partial charge is 0.256 e. The summed E-state index contributed by atoms with van der Waals surface area (Å²) in [6, 6.07) is 16.5. The van der Waals surface area contributed by atoms with Crippen molar-refractivity contribution in [2.24, 2.45) is 5.73 Å². The summed E-state index contributed by atoms with van der Waals surface area (Å²) in [6.07, 6.45) is 0. The van der Waals surface area contributed by atoms with Crippen LogP contribution in [0.4, 0.5) is 5.69 Å². The van der Waals surface area contributed by atoms with E-state index in [0.29, 0.717) is 11.1 Å². The summed E-state index contributed by atoms with van der Waals surface area (Å²) in [6.45, 7) is 0.272. The first kappa shape index (κ1) is 12.9. The molecule has 0 atom stereocenters. The molecular weight excluding hydrogens is 236 g/mol. The Kier molecular flexibility index (Phi) is 4.33. The Morgan fingerprint density at radius 3 is 2.47 bits per heavy atom. The second-order valence-electron chi connectivity index (χ2n) is 3.87. The van der Waals surface area contributed by atoms with E-state index in [4.69, 9.17) is 5.73 Å². The first-order valence-electron chi connectivity index (χ1n) is 5.95. The van der Waals surface area contributed by atoms with Gasteiger partial charge in [-0.2, -0.15) is 0 Å². The van der Waals surface area contributed by atoms with E-state index in [1.807, 2.05) is 48.5 Å². The molecule has 0 aliphatic rings. The van der Waals surface area contributed by atoms with Gasteiger partial charge in [0.15, 0.2) is 0 Å². The molecule has 0 heterocycles. The summed E-state index contributed by atoms with van der Waals surface area (Å²) in [5.41, 5.74) is 7.34. The Morgan fingerprint density at radius 1 is 1.05 bits per heavy atom. The van der Waals surface area contributed by atoms with Gasteiger partial charge in [-0.05, 0) is 24.3 Å². The molecule has 0 aromatic heterocycles. The van der Waals surface area contributed by atoms with Crippen molar-refractivity contribution < 1.29 is 4.79 Å². The Labute approximate surface area is 112 Å². The molecule has 2 rings (SSSR count). The monoisotopic (exact) mass is 250 g/mol. The van der Waals surface area contributed by atoms with Gasteiger partial charge in [0.1, 0.15) is 0 Å². The number of anilines is 1. The first-order chi connectivity index (χ1) is 9.31. The topological polar surface area (TPSA) is 55.1 Å². The molecule has 2 aromatic carbocycles. The number of carbonyl (C=O) groups is 1. The van der Waals surface area contributed by atoms with Crippen LogP contribution >= 0.6 is 0 Å². The maximum Gasteiger partial charge on any atom is 0.256 e. The Hall–Kier alpha value is -2.57. The Morgan fingerprint density at radius 2 is 1.74 bits per heavy atom. The lowest BCUT2D eigenvalue weighted by molar-refractivity contribution is 0.102. The van der Waals surface area contributed by atoms with Crippen molar-refractivity contribution in [1.82, 2.24) is 0 Å². The van der Waals surface area contributed by atoms with Gasteiger partial charge in [-0.25, -0.2) is 0 Å². The van der Waals surface area contributed by atoms with Gasteiger partial charge < -0.3 is 11.1 Å². The van der Waals surface area contributed by atoms with Crippen LogP contribution in [0.15, 0.2) is 54.6 Å². The van der Waals surface area contributed by atoms with E-state index < -0.39 is 0 Å². The van der Waals surface area contributed by atoms with Gasteiger partial charge in [0.2, 0.25) is 0 Å². The third kappa shape index (κ3) is 3.44. The molecule has 3 N–H and O–H groups in total. The van der Waals surface area contributed by atoms with Crippen molar-refractivity contribution in [3.63, 3.8) is 0 Å². The van der Waals surface area contributed by atoms with Crippen LogP contribution in [0.5, 0.6) is 0 Å². The number of amides is 1. The minimum atomic E-state index is -0.173. The summed E-state index contributed by atoms with van der Waals surface area (Å²) in [7, 11) is 0. The lowest BCUT2D eigenvalue weighted by atomic mass is 10.1. The second kappa shape index (κ2) is 6.39. The summed E-state index contributed by atoms with van der Waals surface area (Å²) >= 11 is 0. The highest BCUT2D eigenvalue weighted by Crippen LogP contribution is 2.11. The molecule has 1 amide bonds. The second-order valence-corrected chi connectivity index (χ2v) is 3.87. The largest absolute Gasteiger partial charge is 0.322 e. The fourth-order valence-electron chi connectivity index (χ4n) is 1.66. The van der Waals surface area contributed by atoms with E-state index in [1.54, 1.807) is 6.07 Å². The zero-order chi connectivity index (χ0) is 13.5. The van der Waals surface area contributed by atoms with E-state index in [-0.39, 0.29) is 12.5 Å². The van der Waals surface area contributed by atoms with Crippen molar-refractivity contribution >= 4 is 11.6 Å². The van der Waals surface area contributed by atoms with Crippen LogP contribution in [0.2, 0.25) is 0 Å². The molecule has 19 heavy (non-hydrogen) atoms. The third-order valence-electron chi connectivity index (χ3n) is 2.53. The highest BCUT2D eigenvalue weighted by atomic mass is 16.1. The lowest BCUT2D eigenvalue weighted by Gasteiger charge is -2.06. The number of hydrogen-bond donors (Lipinski definition) is 2. The van der Waals surface area contributed by atoms with Crippen molar-refractivity contribution in [3.05, 3.63) is 65.7 Å². The molecule has 0 aliphatic carbocycles. The Balaban J connectivity index is 2.24. The Bertz CT molecular complexity index is 624. The predicted octanol–water partition coefficient (Wildman–Crippen LogP) is 2.25. The van der Waals surface area contributed by atoms with Crippen LogP contribution in [0.3, 0.4) is 0 Å². The predicted molar refractivity (Wildman–Crippen MR) is 76.8 cm³/mol. The minimum absolute atomic E-state index is 0.173. The standard InChI is InChI=1S/C16H14N2O/c17-12-6-8-13-7-4-5-11-15(13)16(19)18-14-9-2-1-3-10-14/h1-5,7,9-11H,12,17H2,(H,18,19). The fourth-order valence-corrected chi connectivity index (χ4v) is 1.66. The molecule has 0 saturated carbocycles. The van der Waals surface area contributed by atoms with Crippen LogP contribution in [-0.2, 0) is 0 Å². The quantitative estimate of drug-likeness (QED) is 0.803. The molecule has 0 radical (unpaired) electrons. The van der Waals surface area contributed by atoms with Crippen LogP contribution in [0.25, 0.3) is 0 Å². The van der Waals surface area contributed by atoms with E-state index >= 15 is 0 Å². The van der Waals surface area contributed by atoms with Gasteiger partial charge in [0, 0.05) is 11.3 Å². The summed E-state index contributed by atoms with van der Waals surface area (Å²) in [4.78, 5) is 12.2. The molecule has 0 bridgehead atoms. The molecule has 0 unspecified atom stereocenters. The summed E-state index contributed by atoms with van der Waals surface area (Å²) in [5, 5.41) is 2.84. The van der Waals surface area contributed by atoms with Crippen LogP contribution in [-0.4, -0.2) is 12.5 Å². The molecule has 0 saturated heterocycles. The molecular formula is C16H14N2O. The number of nitrogens with two attached hydrogens (primary N) is 1. The van der Waals surface area contributed by atoms with Crippen molar-refractivity contribution in [2.75, 3.05) is 11.9 Å². The van der Waals surface area contributed by atoms with Crippen LogP contribution < -0.4 is 11.1 Å². The highest BCUT2D eigenvalue weighted by Gasteiger charge is 2.09. The number of hydrogen-bond acceptors (Lipinski definition) is 2. The third-order valence-corrected chi connectivity index (χ3v) is 2.53. The van der Waals surface area contributed by atoms with E-state index in [0.717, 1.165) is 5.69 Å². The van der Waals surface area contributed by atoms with Gasteiger partial charge in [-0.3, -0.25) is 4.79 Å². The zero-order valence-corrected chi connectivity index (χ0v) is 10.4. The maximum absolute atomic E-state index is 12.2. The molecule has 94 valence electrons. The number of para-hydroxylation sites is 1. The molecule has 2 aromatic rings. The maximum atomic E-state index is 12.2. The van der Waals surface area contributed by atoms with Gasteiger partial charge >= 0.3 is 0 Å². The average Bonchev–Trinajstić information content (AvgIpc) is 2.46. The number of rotatable bonds is 2. The number of carbonyl (C=O) groups excluding carboxylic acids is 1. The SMILES string of the molecule is NCC#Cc1ccccc1C(=O)Nc1ccccc1. The number of nitrogens with one attached hydrogen (secondary N) is 1. The summed E-state index contributed by atoms with van der Waals surface area (Å²) in [5.74, 6) is 5.49. The lowest BCUT2D eigenvalue weighted by Crippen LogP contribution is -2.13. The minimum Gasteiger partial charge on any atom is -0.322 e. The summed E-state index contributed by atoms with van der Waals surface area (Å²) < 4.78 is 0. The van der Waals surface area contributed by atoms with Crippen molar-refractivity contribution in [3.8, 4) is 11.8 Å². The van der Waals surface area contributed by atoms with Crippen LogP contribution in [0.1, 0.15) is 15.9 Å². The molecule has 0 fully saturated rings. The molecule has 0 spiro atoms. The van der Waals surface area contributed by atoms with Crippen molar-refractivity contribution in [2.45, 2.75) is 0 Å². The normalized spacial score (nSPS) is 9.32. The van der Waals surface area contributed by atoms with E-state index in [1.165, 1.54) is 0 Å². The van der Waals surface area contributed by atoms with E-state index in [2.05, 4.69) is 17.2 Å². The fraction of sp³-hybridized carbons (Fsp3) is 0.0625. The molecule has 0 aliphatic heterocycles. The first-order valence-corrected chi connectivity index (χ1v) is 5.95. The molecule has 3 heteroatoms. The van der Waals surface area contributed by atoms with Gasteiger partial charge in [0.25, 0.3) is 5.91 Å². The molecule has 3 nitrogen and oxygen atoms in total. The van der Waals surface area contributed by atoms with Crippen molar-refractivity contribution in [1.29, 1.82) is 0 Å².